The number of imidazole rings is 1. The molecule has 0 radical (unpaired) electrons. The van der Waals surface area contributed by atoms with Crippen molar-refractivity contribution >= 4 is 6.03 Å². The number of hydrogen-bond donors (Lipinski definition) is 1. The Labute approximate surface area is 162 Å². The molecule has 2 aliphatic heterocycles. The maximum atomic E-state index is 13.8. The number of nitrogens with zero attached hydrogens (tertiary/aromatic N) is 3. The Morgan fingerprint density at radius 2 is 1.93 bits per heavy atom. The summed E-state index contributed by atoms with van der Waals surface area (Å²) >= 11 is 0. The van der Waals surface area contributed by atoms with Gasteiger partial charge >= 0.3 is 6.03 Å². The SMILES string of the molecule is O=C(NCc1cccc(Cn2ccnc2)c1)N1C2CCC1CC1(C2)CC1(F)F. The van der Waals surface area contributed by atoms with Gasteiger partial charge in [0.2, 0.25) is 0 Å². The molecule has 2 atom stereocenters. The fourth-order valence-corrected chi connectivity index (χ4v) is 5.20. The fourth-order valence-electron chi connectivity index (χ4n) is 5.20. The van der Waals surface area contributed by atoms with Gasteiger partial charge in [0.25, 0.3) is 5.92 Å². The highest BCUT2D eigenvalue weighted by atomic mass is 19.3. The second kappa shape index (κ2) is 6.29. The van der Waals surface area contributed by atoms with E-state index < -0.39 is 11.3 Å². The Morgan fingerprint density at radius 1 is 1.21 bits per heavy atom. The lowest BCUT2D eigenvalue weighted by Crippen LogP contribution is -2.51. The molecule has 7 heteroatoms. The summed E-state index contributed by atoms with van der Waals surface area (Å²) in [4.78, 5) is 18.7. The van der Waals surface area contributed by atoms with Gasteiger partial charge in [-0.05, 0) is 36.8 Å². The predicted octanol–water partition coefficient (Wildman–Crippen LogP) is 3.79. The van der Waals surface area contributed by atoms with Crippen LogP contribution in [0.25, 0.3) is 0 Å². The number of carbonyl (C=O) groups excluding carboxylic acids is 1. The first-order valence-corrected chi connectivity index (χ1v) is 9.93. The fraction of sp³-hybridized carbons (Fsp3) is 0.524. The number of hydrogen-bond acceptors (Lipinski definition) is 2. The van der Waals surface area contributed by atoms with Gasteiger partial charge in [0, 0.05) is 49.4 Å². The lowest BCUT2D eigenvalue weighted by atomic mass is 9.87. The zero-order valence-corrected chi connectivity index (χ0v) is 15.7. The molecule has 2 unspecified atom stereocenters. The molecule has 2 saturated heterocycles. The zero-order valence-electron chi connectivity index (χ0n) is 15.7. The van der Waals surface area contributed by atoms with Crippen LogP contribution in [0.5, 0.6) is 0 Å². The first kappa shape index (κ1) is 17.6. The van der Waals surface area contributed by atoms with E-state index in [1.165, 1.54) is 0 Å². The van der Waals surface area contributed by atoms with Gasteiger partial charge in [-0.1, -0.05) is 24.3 Å². The molecule has 3 fully saturated rings. The van der Waals surface area contributed by atoms with Crippen LogP contribution in [0.2, 0.25) is 0 Å². The highest BCUT2D eigenvalue weighted by Crippen LogP contribution is 2.69. The number of benzene rings is 1. The molecule has 1 aromatic carbocycles. The standard InChI is InChI=1S/C21H24F2N4O/c22-21(23)13-20(21)9-17-4-5-18(10-20)27(17)19(28)25-11-15-2-1-3-16(8-15)12-26-7-6-24-14-26/h1-3,6-8,14,17-18H,4-5,9-13H2,(H,25,28). The van der Waals surface area contributed by atoms with Crippen LogP contribution < -0.4 is 5.32 Å². The summed E-state index contributed by atoms with van der Waals surface area (Å²) in [6.45, 7) is 1.17. The molecule has 3 aliphatic rings. The number of alkyl halides is 2. The lowest BCUT2D eigenvalue weighted by molar-refractivity contribution is 0.0169. The van der Waals surface area contributed by atoms with Crippen molar-refractivity contribution < 1.29 is 13.6 Å². The number of halogens is 2. The molecule has 148 valence electrons. The molecular formula is C21H24F2N4O. The van der Waals surface area contributed by atoms with Crippen molar-refractivity contribution in [2.45, 2.75) is 63.2 Å². The molecule has 1 saturated carbocycles. The molecule has 2 aromatic rings. The number of aromatic nitrogens is 2. The number of piperidine rings is 1. The summed E-state index contributed by atoms with van der Waals surface area (Å²) in [7, 11) is 0. The van der Waals surface area contributed by atoms with Gasteiger partial charge in [-0.2, -0.15) is 0 Å². The van der Waals surface area contributed by atoms with Crippen LogP contribution >= 0.6 is 0 Å². The van der Waals surface area contributed by atoms with Gasteiger partial charge in [0.15, 0.2) is 0 Å². The second-order valence-electron chi connectivity index (χ2n) is 8.58. The highest BCUT2D eigenvalue weighted by molar-refractivity contribution is 5.75. The number of amides is 2. The second-order valence-corrected chi connectivity index (χ2v) is 8.58. The van der Waals surface area contributed by atoms with Crippen LogP contribution in [0.1, 0.15) is 43.2 Å². The Hall–Kier alpha value is -2.44. The van der Waals surface area contributed by atoms with Crippen molar-refractivity contribution in [3.8, 4) is 0 Å². The van der Waals surface area contributed by atoms with Gasteiger partial charge in [-0.25, -0.2) is 18.6 Å². The minimum Gasteiger partial charge on any atom is -0.334 e. The number of fused-ring (bicyclic) bond motifs is 2. The molecule has 1 spiro atoms. The van der Waals surface area contributed by atoms with Gasteiger partial charge < -0.3 is 14.8 Å². The molecule has 3 heterocycles. The van der Waals surface area contributed by atoms with E-state index in [1.54, 1.807) is 12.5 Å². The molecular weight excluding hydrogens is 362 g/mol. The predicted molar refractivity (Wildman–Crippen MR) is 99.9 cm³/mol. The molecule has 28 heavy (non-hydrogen) atoms. The third-order valence-electron chi connectivity index (χ3n) is 6.68. The summed E-state index contributed by atoms with van der Waals surface area (Å²) in [5.74, 6) is -2.52. The lowest BCUT2D eigenvalue weighted by Gasteiger charge is -2.39. The normalized spacial score (nSPS) is 29.9. The van der Waals surface area contributed by atoms with Crippen molar-refractivity contribution in [2.75, 3.05) is 0 Å². The van der Waals surface area contributed by atoms with Crippen molar-refractivity contribution in [2.24, 2.45) is 5.41 Å². The third kappa shape index (κ3) is 2.97. The van der Waals surface area contributed by atoms with Crippen LogP contribution in [-0.4, -0.2) is 38.5 Å². The van der Waals surface area contributed by atoms with Gasteiger partial charge in [0.1, 0.15) is 0 Å². The molecule has 1 aromatic heterocycles. The minimum atomic E-state index is -2.52. The van der Waals surface area contributed by atoms with E-state index in [0.29, 0.717) is 19.4 Å². The first-order chi connectivity index (χ1) is 13.5. The summed E-state index contributed by atoms with van der Waals surface area (Å²) < 4.78 is 29.6. The highest BCUT2D eigenvalue weighted by Gasteiger charge is 2.74. The maximum Gasteiger partial charge on any atom is 0.318 e. The Bertz CT molecular complexity index is 868. The molecule has 2 amide bonds. The molecule has 1 aliphatic carbocycles. The number of rotatable bonds is 4. The first-order valence-electron chi connectivity index (χ1n) is 9.93. The average molecular weight is 386 g/mol. The van der Waals surface area contributed by atoms with Crippen LogP contribution in [0.4, 0.5) is 13.6 Å². The topological polar surface area (TPSA) is 50.2 Å². The van der Waals surface area contributed by atoms with Crippen LogP contribution in [-0.2, 0) is 13.1 Å². The molecule has 5 nitrogen and oxygen atoms in total. The maximum absolute atomic E-state index is 13.8. The van der Waals surface area contributed by atoms with E-state index in [-0.39, 0.29) is 24.5 Å². The van der Waals surface area contributed by atoms with Gasteiger partial charge in [0.05, 0.1) is 6.33 Å². The number of nitrogens with one attached hydrogen (secondary N) is 1. The van der Waals surface area contributed by atoms with Crippen LogP contribution in [0, 0.1) is 5.41 Å². The van der Waals surface area contributed by atoms with E-state index >= 15 is 0 Å². The van der Waals surface area contributed by atoms with E-state index in [0.717, 1.165) is 30.5 Å². The monoisotopic (exact) mass is 386 g/mol. The summed E-state index contributed by atoms with van der Waals surface area (Å²) in [5, 5.41) is 3.00. The number of urea groups is 1. The van der Waals surface area contributed by atoms with Crippen LogP contribution in [0.3, 0.4) is 0 Å². The largest absolute Gasteiger partial charge is 0.334 e. The Morgan fingerprint density at radius 3 is 2.57 bits per heavy atom. The van der Waals surface area contributed by atoms with E-state index in [4.69, 9.17) is 0 Å². The smallest absolute Gasteiger partial charge is 0.318 e. The minimum absolute atomic E-state index is 0.00612. The zero-order chi connectivity index (χ0) is 19.4. The van der Waals surface area contributed by atoms with E-state index in [2.05, 4.69) is 16.4 Å². The van der Waals surface area contributed by atoms with Crippen LogP contribution in [0.15, 0.2) is 43.0 Å². The summed E-state index contributed by atoms with van der Waals surface area (Å²) in [6, 6.07) is 7.89. The van der Waals surface area contributed by atoms with E-state index in [9.17, 15) is 13.6 Å². The summed E-state index contributed by atoms with van der Waals surface area (Å²) in [5.41, 5.74) is 1.35. The van der Waals surface area contributed by atoms with E-state index in [1.807, 2.05) is 33.9 Å². The van der Waals surface area contributed by atoms with Crippen molar-refractivity contribution in [3.63, 3.8) is 0 Å². The number of carbonyl (C=O) groups is 1. The van der Waals surface area contributed by atoms with Crippen molar-refractivity contribution in [1.29, 1.82) is 0 Å². The van der Waals surface area contributed by atoms with Gasteiger partial charge in [-0.3, -0.25) is 0 Å². The van der Waals surface area contributed by atoms with Crippen molar-refractivity contribution in [3.05, 3.63) is 54.1 Å². The molecule has 2 bridgehead atoms. The van der Waals surface area contributed by atoms with Gasteiger partial charge in [-0.15, -0.1) is 0 Å². The Balaban J connectivity index is 1.20. The summed E-state index contributed by atoms with van der Waals surface area (Å²) in [6.07, 6.45) is 8.03. The quantitative estimate of drug-likeness (QED) is 0.869. The Kier molecular flexibility index (Phi) is 3.96. The third-order valence-corrected chi connectivity index (χ3v) is 6.68. The van der Waals surface area contributed by atoms with Crippen molar-refractivity contribution in [1.82, 2.24) is 19.8 Å². The average Bonchev–Trinajstić information content (AvgIpc) is 3.02. The molecule has 1 N–H and O–H groups in total. The molecule has 5 rings (SSSR count).